The Morgan fingerprint density at radius 1 is 1.32 bits per heavy atom. The summed E-state index contributed by atoms with van der Waals surface area (Å²) in [5.74, 6) is -1.80. The van der Waals surface area contributed by atoms with Gasteiger partial charge in [-0.05, 0) is 37.6 Å². The van der Waals surface area contributed by atoms with Crippen LogP contribution in [-0.4, -0.2) is 48.9 Å². The number of anilines is 2. The molecule has 1 aromatic heterocycles. The van der Waals surface area contributed by atoms with Crippen LogP contribution in [0.3, 0.4) is 0 Å². The first-order valence-corrected chi connectivity index (χ1v) is 10.4. The van der Waals surface area contributed by atoms with Crippen molar-refractivity contribution in [1.82, 2.24) is 9.78 Å². The zero-order valence-corrected chi connectivity index (χ0v) is 16.8. The molecule has 2 atom stereocenters. The van der Waals surface area contributed by atoms with Crippen molar-refractivity contribution in [3.63, 3.8) is 0 Å². The monoisotopic (exact) mass is 461 g/mol. The van der Waals surface area contributed by atoms with Gasteiger partial charge in [0, 0.05) is 17.8 Å². The zero-order chi connectivity index (χ0) is 23.0. The number of carbonyl (C=O) groups excluding carboxylic acids is 2. The van der Waals surface area contributed by atoms with Gasteiger partial charge in [0.05, 0.1) is 4.90 Å². The molecule has 1 aliphatic rings. The van der Waals surface area contributed by atoms with Crippen molar-refractivity contribution >= 4 is 33.4 Å². The van der Waals surface area contributed by atoms with Crippen LogP contribution < -0.4 is 15.8 Å². The molecule has 4 N–H and O–H groups in total. The van der Waals surface area contributed by atoms with Gasteiger partial charge in [0.15, 0.2) is 18.3 Å². The van der Waals surface area contributed by atoms with Crippen molar-refractivity contribution < 1.29 is 35.9 Å². The molecule has 0 unspecified atom stereocenters. The van der Waals surface area contributed by atoms with Crippen LogP contribution in [0.2, 0.25) is 0 Å². The maximum absolute atomic E-state index is 13.3. The number of nitrogens with one attached hydrogen (secondary N) is 2. The maximum Gasteiger partial charge on any atom is 0.410 e. The van der Waals surface area contributed by atoms with E-state index < -0.39 is 46.8 Å². The number of ether oxygens (including phenoxy) is 1. The lowest BCUT2D eigenvalue weighted by molar-refractivity contribution is -0.173. The predicted octanol–water partition coefficient (Wildman–Crippen LogP) is 1.63. The van der Waals surface area contributed by atoms with Crippen LogP contribution in [0, 0.1) is 0 Å². The third kappa shape index (κ3) is 5.32. The van der Waals surface area contributed by atoms with E-state index in [-0.39, 0.29) is 28.5 Å². The van der Waals surface area contributed by atoms with Crippen LogP contribution >= 0.6 is 0 Å². The summed E-state index contributed by atoms with van der Waals surface area (Å²) in [5, 5.41) is 13.8. The Morgan fingerprint density at radius 2 is 1.97 bits per heavy atom. The van der Waals surface area contributed by atoms with E-state index in [2.05, 4.69) is 15.7 Å². The Kier molecular flexibility index (Phi) is 5.96. The summed E-state index contributed by atoms with van der Waals surface area (Å²) in [4.78, 5) is 23.9. The lowest BCUT2D eigenvalue weighted by atomic mass is 10.1. The number of esters is 1. The van der Waals surface area contributed by atoms with Crippen LogP contribution in [0.5, 0.6) is 0 Å². The molecule has 0 saturated heterocycles. The minimum Gasteiger partial charge on any atom is -0.451 e. The molecule has 2 aromatic rings. The summed E-state index contributed by atoms with van der Waals surface area (Å²) in [6.45, 7) is 0.845. The van der Waals surface area contributed by atoms with E-state index in [1.54, 1.807) is 6.92 Å². The summed E-state index contributed by atoms with van der Waals surface area (Å²) in [6, 6.07) is 3.69. The summed E-state index contributed by atoms with van der Waals surface area (Å²) >= 11 is 0. The van der Waals surface area contributed by atoms with Crippen molar-refractivity contribution in [2.24, 2.45) is 5.14 Å². The molecular formula is C17H18F3N5O5S. The van der Waals surface area contributed by atoms with Gasteiger partial charge in [-0.2, -0.15) is 18.3 Å². The number of nitrogens with two attached hydrogens (primary N) is 1. The number of benzene rings is 1. The highest BCUT2D eigenvalue weighted by Gasteiger charge is 2.45. The molecule has 0 spiro atoms. The second-order valence-electron chi connectivity index (χ2n) is 6.89. The third-order valence-corrected chi connectivity index (χ3v) is 5.32. The SMILES string of the molecule is C[C@@H]1C[C@@H](C(F)(F)F)n2nc(C(=O)OCC(=O)Nc3ccc(S(N)(=O)=O)cc3)cc2N1. The van der Waals surface area contributed by atoms with Gasteiger partial charge in [0.25, 0.3) is 5.91 Å². The summed E-state index contributed by atoms with van der Waals surface area (Å²) in [6.07, 6.45) is -4.80. The standard InChI is InChI=1S/C17H18F3N5O5S/c1-9-6-13(17(18,19)20)25-14(22-9)7-12(24-25)16(27)30-8-15(26)23-10-2-4-11(5-3-10)31(21,28)29/h2-5,7,9,13,22H,6,8H2,1H3,(H,23,26)(H2,21,28,29)/t9-,13+/m1/s1. The average molecular weight is 461 g/mol. The Balaban J connectivity index is 1.62. The normalized spacial score (nSPS) is 18.6. The number of alkyl halides is 3. The van der Waals surface area contributed by atoms with E-state index in [4.69, 9.17) is 9.88 Å². The fourth-order valence-corrected chi connectivity index (χ4v) is 3.50. The van der Waals surface area contributed by atoms with Crippen LogP contribution in [0.25, 0.3) is 0 Å². The van der Waals surface area contributed by atoms with E-state index >= 15 is 0 Å². The van der Waals surface area contributed by atoms with Crippen LogP contribution in [0.4, 0.5) is 24.7 Å². The molecule has 0 saturated carbocycles. The molecule has 0 aliphatic carbocycles. The fraction of sp³-hybridized carbons (Fsp3) is 0.353. The van der Waals surface area contributed by atoms with Gasteiger partial charge >= 0.3 is 12.1 Å². The van der Waals surface area contributed by atoms with Crippen molar-refractivity contribution in [3.05, 3.63) is 36.0 Å². The molecule has 1 aliphatic heterocycles. The van der Waals surface area contributed by atoms with Gasteiger partial charge in [0.2, 0.25) is 10.0 Å². The number of nitrogens with zero attached hydrogens (tertiary/aromatic N) is 2. The highest BCUT2D eigenvalue weighted by molar-refractivity contribution is 7.89. The first-order chi connectivity index (χ1) is 14.3. The molecule has 2 heterocycles. The van der Waals surface area contributed by atoms with E-state index in [1.165, 1.54) is 24.3 Å². The highest BCUT2D eigenvalue weighted by atomic mass is 32.2. The second-order valence-corrected chi connectivity index (χ2v) is 8.45. The fourth-order valence-electron chi connectivity index (χ4n) is 2.99. The van der Waals surface area contributed by atoms with Gasteiger partial charge in [-0.15, -0.1) is 0 Å². The smallest absolute Gasteiger partial charge is 0.410 e. The number of rotatable bonds is 5. The number of amides is 1. The van der Waals surface area contributed by atoms with E-state index in [0.717, 1.165) is 6.07 Å². The number of fused-ring (bicyclic) bond motifs is 1. The minimum absolute atomic E-state index is 0.0208. The topological polar surface area (TPSA) is 145 Å². The van der Waals surface area contributed by atoms with E-state index in [1.807, 2.05) is 0 Å². The quantitative estimate of drug-likeness (QED) is 0.574. The Labute approximate surface area is 174 Å². The van der Waals surface area contributed by atoms with Crippen molar-refractivity contribution in [2.75, 3.05) is 17.2 Å². The largest absolute Gasteiger partial charge is 0.451 e. The summed E-state index contributed by atoms with van der Waals surface area (Å²) in [5.41, 5.74) is -0.159. The van der Waals surface area contributed by atoms with Crippen LogP contribution in [0.1, 0.15) is 29.9 Å². The highest BCUT2D eigenvalue weighted by Crippen LogP contribution is 2.39. The number of halogens is 3. The van der Waals surface area contributed by atoms with Crippen LogP contribution in [-0.2, 0) is 19.6 Å². The summed E-state index contributed by atoms with van der Waals surface area (Å²) in [7, 11) is -3.89. The van der Waals surface area contributed by atoms with Crippen molar-refractivity contribution in [1.29, 1.82) is 0 Å². The van der Waals surface area contributed by atoms with Gasteiger partial charge in [0.1, 0.15) is 5.82 Å². The predicted molar refractivity (Wildman–Crippen MR) is 102 cm³/mol. The van der Waals surface area contributed by atoms with Crippen molar-refractivity contribution in [2.45, 2.75) is 36.5 Å². The number of sulfonamides is 1. The first-order valence-electron chi connectivity index (χ1n) is 8.87. The Hall–Kier alpha value is -3.13. The van der Waals surface area contributed by atoms with Crippen LogP contribution in [0.15, 0.2) is 35.2 Å². The molecule has 0 fully saturated rings. The minimum atomic E-state index is -4.54. The lowest BCUT2D eigenvalue weighted by Crippen LogP contribution is -2.37. The molecular weight excluding hydrogens is 443 g/mol. The van der Waals surface area contributed by atoms with Gasteiger partial charge in [-0.3, -0.25) is 4.79 Å². The third-order valence-electron chi connectivity index (χ3n) is 4.39. The zero-order valence-electron chi connectivity index (χ0n) is 16.0. The number of aromatic nitrogens is 2. The Morgan fingerprint density at radius 3 is 2.55 bits per heavy atom. The molecule has 1 aromatic carbocycles. The maximum atomic E-state index is 13.3. The second kappa shape index (κ2) is 8.19. The number of hydrogen-bond acceptors (Lipinski definition) is 7. The van der Waals surface area contributed by atoms with Crippen molar-refractivity contribution in [3.8, 4) is 0 Å². The molecule has 1 amide bonds. The molecule has 0 bridgehead atoms. The van der Waals surface area contributed by atoms with Gasteiger partial charge in [-0.1, -0.05) is 0 Å². The lowest BCUT2D eigenvalue weighted by Gasteiger charge is -2.31. The molecule has 10 nitrogen and oxygen atoms in total. The number of carbonyl (C=O) groups is 2. The first kappa shape index (κ1) is 22.6. The number of primary sulfonamides is 1. The van der Waals surface area contributed by atoms with E-state index in [9.17, 15) is 31.2 Å². The molecule has 168 valence electrons. The Bertz CT molecular complexity index is 1100. The van der Waals surface area contributed by atoms with E-state index in [0.29, 0.717) is 4.68 Å². The molecule has 0 radical (unpaired) electrons. The van der Waals surface area contributed by atoms with Gasteiger partial charge < -0.3 is 15.4 Å². The molecule has 3 rings (SSSR count). The average Bonchev–Trinajstić information content (AvgIpc) is 3.08. The molecule has 31 heavy (non-hydrogen) atoms. The number of hydrogen-bond donors (Lipinski definition) is 3. The summed E-state index contributed by atoms with van der Waals surface area (Å²) < 4.78 is 67.7. The molecule has 14 heteroatoms. The van der Waals surface area contributed by atoms with Gasteiger partial charge in [-0.25, -0.2) is 23.0 Å².